The first-order valence-electron chi connectivity index (χ1n) is 31.6. The van der Waals surface area contributed by atoms with Crippen molar-refractivity contribution in [3.63, 3.8) is 0 Å². The lowest BCUT2D eigenvalue weighted by Crippen LogP contribution is -2.30. The number of carbonyl (C=O) groups is 3. The van der Waals surface area contributed by atoms with E-state index >= 15 is 0 Å². The first-order chi connectivity index (χ1) is 39.0. The summed E-state index contributed by atoms with van der Waals surface area (Å²) in [6.07, 6.45) is 96.5. The van der Waals surface area contributed by atoms with Crippen molar-refractivity contribution in [2.45, 2.75) is 258 Å². The van der Waals surface area contributed by atoms with E-state index in [1.54, 1.807) is 0 Å². The van der Waals surface area contributed by atoms with E-state index in [0.29, 0.717) is 19.3 Å². The zero-order chi connectivity index (χ0) is 57.1. The van der Waals surface area contributed by atoms with Gasteiger partial charge in [-0.15, -0.1) is 0 Å². The minimum absolute atomic E-state index is 0.111. The molecule has 0 fully saturated rings. The van der Waals surface area contributed by atoms with Crippen LogP contribution in [0.4, 0.5) is 0 Å². The topological polar surface area (TPSA) is 78.9 Å². The molecule has 0 saturated carbocycles. The molecule has 0 N–H and O–H groups in total. The van der Waals surface area contributed by atoms with Gasteiger partial charge in [0.2, 0.25) is 0 Å². The van der Waals surface area contributed by atoms with Gasteiger partial charge in [0.05, 0.1) is 0 Å². The lowest BCUT2D eigenvalue weighted by atomic mass is 10.1. The molecule has 0 aromatic carbocycles. The highest BCUT2D eigenvalue weighted by Crippen LogP contribution is 2.13. The van der Waals surface area contributed by atoms with Crippen molar-refractivity contribution in [3.8, 4) is 0 Å². The number of rotatable bonds is 55. The fourth-order valence-corrected chi connectivity index (χ4v) is 8.01. The molecule has 0 rings (SSSR count). The smallest absolute Gasteiger partial charge is 0.306 e. The molecule has 0 aliphatic heterocycles. The number of hydrogen-bond acceptors (Lipinski definition) is 6. The van der Waals surface area contributed by atoms with Gasteiger partial charge >= 0.3 is 17.9 Å². The van der Waals surface area contributed by atoms with Crippen LogP contribution in [0.15, 0.2) is 170 Å². The molecule has 6 heteroatoms. The number of esters is 3. The molecule has 0 aliphatic carbocycles. The van der Waals surface area contributed by atoms with Crippen molar-refractivity contribution in [1.29, 1.82) is 0 Å². The van der Waals surface area contributed by atoms with Gasteiger partial charge < -0.3 is 14.2 Å². The van der Waals surface area contributed by atoms with E-state index in [1.165, 1.54) is 25.7 Å². The predicted octanol–water partition coefficient (Wildman–Crippen LogP) is 21.9. The molecule has 1 atom stereocenters. The minimum Gasteiger partial charge on any atom is -0.462 e. The molecule has 0 saturated heterocycles. The van der Waals surface area contributed by atoms with Crippen molar-refractivity contribution in [3.05, 3.63) is 170 Å². The van der Waals surface area contributed by atoms with Crippen LogP contribution in [0.25, 0.3) is 0 Å². The Morgan fingerprint density at radius 3 is 0.785 bits per heavy atom. The first kappa shape index (κ1) is 73.8. The summed E-state index contributed by atoms with van der Waals surface area (Å²) in [5.41, 5.74) is 0. The zero-order valence-electron chi connectivity index (χ0n) is 50.6. The molecule has 0 radical (unpaired) electrons. The average Bonchev–Trinajstić information content (AvgIpc) is 3.45. The Kier molecular flexibility index (Phi) is 61.0. The summed E-state index contributed by atoms with van der Waals surface area (Å²) in [5.74, 6) is -0.979. The van der Waals surface area contributed by atoms with E-state index in [0.717, 1.165) is 186 Å². The number of ether oxygens (including phenoxy) is 3. The molecule has 79 heavy (non-hydrogen) atoms. The summed E-state index contributed by atoms with van der Waals surface area (Å²) in [6, 6.07) is 0. The van der Waals surface area contributed by atoms with Crippen LogP contribution < -0.4 is 0 Å². The van der Waals surface area contributed by atoms with Gasteiger partial charge in [-0.3, -0.25) is 14.4 Å². The summed E-state index contributed by atoms with van der Waals surface area (Å²) in [5, 5.41) is 0. The average molecular weight is 1090 g/mol. The van der Waals surface area contributed by atoms with Crippen LogP contribution in [-0.4, -0.2) is 37.2 Å². The summed E-state index contributed by atoms with van der Waals surface area (Å²) < 4.78 is 16.8. The van der Waals surface area contributed by atoms with Gasteiger partial charge in [0, 0.05) is 19.3 Å². The Morgan fingerprint density at radius 1 is 0.266 bits per heavy atom. The zero-order valence-corrected chi connectivity index (χ0v) is 50.6. The second-order valence-electron chi connectivity index (χ2n) is 20.2. The molecule has 1 unspecified atom stereocenters. The summed E-state index contributed by atoms with van der Waals surface area (Å²) >= 11 is 0. The number of allylic oxidation sites excluding steroid dienone is 28. The number of hydrogen-bond donors (Lipinski definition) is 0. The Bertz CT molecular complexity index is 1820. The summed E-state index contributed by atoms with van der Waals surface area (Å²) in [4.78, 5) is 38.2. The van der Waals surface area contributed by atoms with Crippen molar-refractivity contribution in [2.75, 3.05) is 13.2 Å². The summed E-state index contributed by atoms with van der Waals surface area (Å²) in [6.45, 7) is 6.32. The molecule has 0 aliphatic rings. The molecule has 442 valence electrons. The lowest BCUT2D eigenvalue weighted by molar-refractivity contribution is -0.167. The summed E-state index contributed by atoms with van der Waals surface area (Å²) in [7, 11) is 0. The standard InChI is InChI=1S/C73H114O6/c1-4-7-10-13-16-19-22-25-27-28-29-30-31-32-33-34-35-36-37-38-39-40-41-42-43-44-46-48-51-54-57-60-63-66-72(75)78-69-70(68-77-71(74)65-62-59-56-53-50-47-24-21-18-15-12-9-6-3)79-73(76)67-64-61-58-55-52-49-45-26-23-20-17-14-11-8-5-2/h7,9-10,12,16-21,25-27,29-30,32-33,35-36,38-39,41-42,44-47,50,70H,4-6,8,11,13-15,22-24,28,31,34,37,40,43,48-49,51-69H2,1-3H3/b10-7-,12-9-,19-16-,20-17-,21-18-,27-25-,30-29-,33-32-,36-35-,39-38-,42-41-,45-26-,46-44-,50-47-. The van der Waals surface area contributed by atoms with Crippen LogP contribution in [0.5, 0.6) is 0 Å². The normalized spacial score (nSPS) is 13.3. The highest BCUT2D eigenvalue weighted by atomic mass is 16.6. The lowest BCUT2D eigenvalue weighted by Gasteiger charge is -2.18. The molecule has 0 bridgehead atoms. The molecular formula is C73H114O6. The largest absolute Gasteiger partial charge is 0.462 e. The van der Waals surface area contributed by atoms with Crippen molar-refractivity contribution >= 4 is 17.9 Å². The maximum Gasteiger partial charge on any atom is 0.306 e. The van der Waals surface area contributed by atoms with Gasteiger partial charge in [0.15, 0.2) is 6.10 Å². The monoisotopic (exact) mass is 1090 g/mol. The number of unbranched alkanes of at least 4 members (excludes halogenated alkanes) is 16. The molecule has 0 heterocycles. The van der Waals surface area contributed by atoms with Gasteiger partial charge in [-0.1, -0.05) is 249 Å². The SMILES string of the molecule is CC/C=C\C/C=C\C/C=C\C/C=C\C/C=C\C/C=C\C/C=C\C/C=C\C/C=C\CCCCCCCC(=O)OCC(COC(=O)CCCCC/C=C\C/C=C\C/C=C\CC)OC(=O)CCCCCCC/C=C\C/C=C\CCCCC. The van der Waals surface area contributed by atoms with Crippen molar-refractivity contribution in [2.24, 2.45) is 0 Å². The van der Waals surface area contributed by atoms with E-state index in [1.807, 2.05) is 0 Å². The Balaban J connectivity index is 4.37. The van der Waals surface area contributed by atoms with Gasteiger partial charge in [0.25, 0.3) is 0 Å². The highest BCUT2D eigenvalue weighted by Gasteiger charge is 2.19. The molecule has 0 aromatic rings. The fourth-order valence-electron chi connectivity index (χ4n) is 8.01. The third kappa shape index (κ3) is 63.5. The molecular weight excluding hydrogens is 973 g/mol. The van der Waals surface area contributed by atoms with Crippen molar-refractivity contribution in [1.82, 2.24) is 0 Å². The van der Waals surface area contributed by atoms with Crippen LogP contribution in [0, 0.1) is 0 Å². The van der Waals surface area contributed by atoms with Crippen LogP contribution in [0.2, 0.25) is 0 Å². The maximum atomic E-state index is 12.9. The highest BCUT2D eigenvalue weighted by molar-refractivity contribution is 5.71. The molecule has 0 aromatic heterocycles. The Hall–Kier alpha value is -5.23. The van der Waals surface area contributed by atoms with E-state index < -0.39 is 6.10 Å². The van der Waals surface area contributed by atoms with Crippen molar-refractivity contribution < 1.29 is 28.6 Å². The van der Waals surface area contributed by atoms with Crippen LogP contribution in [0.1, 0.15) is 252 Å². The minimum atomic E-state index is -0.815. The Labute approximate surface area is 485 Å². The van der Waals surface area contributed by atoms with Gasteiger partial charge in [-0.2, -0.15) is 0 Å². The van der Waals surface area contributed by atoms with Gasteiger partial charge in [0.1, 0.15) is 13.2 Å². The van der Waals surface area contributed by atoms with E-state index in [-0.39, 0.29) is 31.1 Å². The first-order valence-corrected chi connectivity index (χ1v) is 31.6. The third-order valence-electron chi connectivity index (χ3n) is 12.7. The maximum absolute atomic E-state index is 12.9. The molecule has 0 amide bonds. The van der Waals surface area contributed by atoms with E-state index in [2.05, 4.69) is 191 Å². The predicted molar refractivity (Wildman–Crippen MR) is 343 cm³/mol. The van der Waals surface area contributed by atoms with Crippen LogP contribution >= 0.6 is 0 Å². The molecule has 0 spiro atoms. The third-order valence-corrected chi connectivity index (χ3v) is 12.7. The van der Waals surface area contributed by atoms with Gasteiger partial charge in [-0.25, -0.2) is 0 Å². The van der Waals surface area contributed by atoms with Crippen LogP contribution in [0.3, 0.4) is 0 Å². The quantitative estimate of drug-likeness (QED) is 0.0261. The van der Waals surface area contributed by atoms with Gasteiger partial charge in [-0.05, 0) is 154 Å². The van der Waals surface area contributed by atoms with Crippen LogP contribution in [-0.2, 0) is 28.6 Å². The fraction of sp³-hybridized carbons (Fsp3) is 0.575. The van der Waals surface area contributed by atoms with E-state index in [9.17, 15) is 14.4 Å². The molecule has 6 nitrogen and oxygen atoms in total. The Morgan fingerprint density at radius 2 is 0.494 bits per heavy atom. The number of carbonyl (C=O) groups excluding carboxylic acids is 3. The second-order valence-corrected chi connectivity index (χ2v) is 20.2. The second kappa shape index (κ2) is 65.3. The van der Waals surface area contributed by atoms with E-state index in [4.69, 9.17) is 14.2 Å².